The molecule has 56 heavy (non-hydrogen) atoms. The van der Waals surface area contributed by atoms with Crippen LogP contribution in [0.25, 0.3) is 21.5 Å². The molecule has 0 heterocycles. The maximum Gasteiger partial charge on any atom is 0.323 e. The SMILES string of the molecule is COc1ccccc1N=Nc1c(S(=O)(=O)O)cc2cc(NC(=O)Nc3ccc4c(O)c(N=Nc5ccccc5OC)c(S(=O)(=O)O)cc4c3)ccc2c1O.[Na].[Na]. The number of amides is 2. The van der Waals surface area contributed by atoms with E-state index in [0.717, 1.165) is 12.1 Å². The summed E-state index contributed by atoms with van der Waals surface area (Å²) in [7, 11) is -7.05. The van der Waals surface area contributed by atoms with E-state index in [1.807, 2.05) is 0 Å². The topological polar surface area (TPSA) is 258 Å². The van der Waals surface area contributed by atoms with Crippen molar-refractivity contribution < 1.29 is 50.4 Å². The van der Waals surface area contributed by atoms with Crippen LogP contribution in [0.2, 0.25) is 0 Å². The molecule has 278 valence electrons. The van der Waals surface area contributed by atoms with Crippen molar-refractivity contribution in [2.24, 2.45) is 20.5 Å². The Kier molecular flexibility index (Phi) is 14.2. The van der Waals surface area contributed by atoms with Crippen molar-refractivity contribution in [3.8, 4) is 23.0 Å². The third-order valence-corrected chi connectivity index (χ3v) is 9.59. The van der Waals surface area contributed by atoms with Gasteiger partial charge in [0, 0.05) is 81.3 Å². The first kappa shape index (κ1) is 44.0. The monoisotopic (exact) mass is 818 g/mol. The van der Waals surface area contributed by atoms with Crippen LogP contribution in [0.4, 0.5) is 38.9 Å². The zero-order valence-corrected chi connectivity index (χ0v) is 35.6. The molecule has 0 atom stereocenters. The normalized spacial score (nSPS) is 11.6. The molecule has 6 aromatic carbocycles. The van der Waals surface area contributed by atoms with Gasteiger partial charge in [-0.1, -0.05) is 24.3 Å². The Labute approximate surface area is 363 Å². The maximum atomic E-state index is 13.0. The van der Waals surface area contributed by atoms with Crippen LogP contribution in [0.15, 0.2) is 127 Å². The Morgan fingerprint density at radius 1 is 0.571 bits per heavy atom. The Hall–Kier alpha value is -4.67. The van der Waals surface area contributed by atoms with Crippen molar-refractivity contribution in [3.05, 3.63) is 97.1 Å². The van der Waals surface area contributed by atoms with Crippen LogP contribution in [0, 0.1) is 0 Å². The number of ether oxygens (including phenoxy) is 2. The predicted molar refractivity (Wildman–Crippen MR) is 209 cm³/mol. The van der Waals surface area contributed by atoms with Crippen molar-refractivity contribution in [1.82, 2.24) is 0 Å². The number of azo groups is 2. The Balaban J connectivity index is 0.00000348. The second kappa shape index (κ2) is 18.1. The number of nitrogens with zero attached hydrogens (tertiary/aromatic N) is 4. The summed E-state index contributed by atoms with van der Waals surface area (Å²) < 4.78 is 79.7. The summed E-state index contributed by atoms with van der Waals surface area (Å²) in [6.45, 7) is 0. The number of hydrogen-bond donors (Lipinski definition) is 6. The van der Waals surface area contributed by atoms with Gasteiger partial charge in [-0.05, 0) is 83.6 Å². The summed E-state index contributed by atoms with van der Waals surface area (Å²) in [6.07, 6.45) is 0. The Morgan fingerprint density at radius 3 is 1.30 bits per heavy atom. The summed E-state index contributed by atoms with van der Waals surface area (Å²) in [5, 5.41) is 43.4. The van der Waals surface area contributed by atoms with Crippen LogP contribution >= 0.6 is 0 Å². The van der Waals surface area contributed by atoms with Crippen molar-refractivity contribution in [2.45, 2.75) is 9.79 Å². The molecule has 2 radical (unpaired) electrons. The predicted octanol–water partition coefficient (Wildman–Crippen LogP) is 7.63. The second-order valence-corrected chi connectivity index (χ2v) is 14.1. The minimum atomic E-state index is -4.93. The van der Waals surface area contributed by atoms with Gasteiger partial charge in [0.2, 0.25) is 0 Å². The molecule has 6 rings (SSSR count). The van der Waals surface area contributed by atoms with Gasteiger partial charge >= 0.3 is 6.03 Å². The van der Waals surface area contributed by atoms with Crippen LogP contribution in [0.5, 0.6) is 23.0 Å². The first-order valence-electron chi connectivity index (χ1n) is 15.4. The van der Waals surface area contributed by atoms with Crippen molar-refractivity contribution >= 4 is 141 Å². The third-order valence-electron chi connectivity index (χ3n) is 7.86. The number of anilines is 2. The fourth-order valence-corrected chi connectivity index (χ4v) is 6.69. The van der Waals surface area contributed by atoms with E-state index in [2.05, 4.69) is 31.1 Å². The smallest absolute Gasteiger partial charge is 0.323 e. The summed E-state index contributed by atoms with van der Waals surface area (Å²) >= 11 is 0. The minimum Gasteiger partial charge on any atom is -0.505 e. The largest absolute Gasteiger partial charge is 0.505 e. The van der Waals surface area contributed by atoms with E-state index < -0.39 is 58.9 Å². The van der Waals surface area contributed by atoms with Crippen molar-refractivity contribution in [3.63, 3.8) is 0 Å². The molecule has 0 unspecified atom stereocenters. The van der Waals surface area contributed by atoms with Crippen LogP contribution in [0.3, 0.4) is 0 Å². The number of carbonyl (C=O) groups excluding carboxylic acids is 1. The summed E-state index contributed by atoms with van der Waals surface area (Å²) in [6, 6.07) is 22.5. The molecule has 17 nitrogen and oxygen atoms in total. The number of para-hydroxylation sites is 2. The molecule has 0 aliphatic rings. The first-order valence-corrected chi connectivity index (χ1v) is 18.3. The Morgan fingerprint density at radius 2 is 0.946 bits per heavy atom. The molecule has 0 saturated heterocycles. The van der Waals surface area contributed by atoms with Gasteiger partial charge in [0.15, 0.2) is 11.5 Å². The molecule has 0 aliphatic heterocycles. The standard InChI is InChI=1S/C35H28N6O11S2.2Na/c1-51-27-9-5-3-7-25(27)38-40-31-29(53(45,46)47)17-19-15-21(11-13-23(19)33(31)42)36-35(44)37-22-12-14-24-20(16-22)18-30(54(48,49)50)32(34(24)43)41-39-26-8-4-6-10-28(26)52-2;;/h3-18,42-43H,1-2H3,(H2,36,37,44)(H,45,46,47)(H,48,49,50);;. The number of urea groups is 1. The summed E-state index contributed by atoms with van der Waals surface area (Å²) in [5.74, 6) is -0.566. The molecule has 0 bridgehead atoms. The van der Waals surface area contributed by atoms with E-state index in [0.29, 0.717) is 11.5 Å². The van der Waals surface area contributed by atoms with E-state index in [1.165, 1.54) is 50.6 Å². The van der Waals surface area contributed by atoms with Gasteiger partial charge in [0.25, 0.3) is 20.2 Å². The molecule has 21 heteroatoms. The molecule has 0 spiro atoms. The molecule has 0 aliphatic carbocycles. The molecule has 6 aromatic rings. The third kappa shape index (κ3) is 9.64. The zero-order chi connectivity index (χ0) is 38.8. The molecule has 6 N–H and O–H groups in total. The molecule has 0 fully saturated rings. The van der Waals surface area contributed by atoms with Gasteiger partial charge in [-0.3, -0.25) is 9.11 Å². The van der Waals surface area contributed by atoms with E-state index in [-0.39, 0.29) is 103 Å². The number of fused-ring (bicyclic) bond motifs is 2. The number of methoxy groups -OCH3 is 2. The number of benzene rings is 6. The van der Waals surface area contributed by atoms with Crippen molar-refractivity contribution in [2.75, 3.05) is 24.9 Å². The number of carbonyl (C=O) groups is 1. The number of rotatable bonds is 10. The molecular formula is C35H28N6Na2O11S2. The average Bonchev–Trinajstić information content (AvgIpc) is 3.13. The molecular weight excluding hydrogens is 791 g/mol. The average molecular weight is 819 g/mol. The number of nitrogens with one attached hydrogen (secondary N) is 2. The van der Waals surface area contributed by atoms with E-state index in [4.69, 9.17) is 9.47 Å². The molecule has 0 aromatic heterocycles. The van der Waals surface area contributed by atoms with Crippen LogP contribution in [-0.2, 0) is 20.2 Å². The maximum absolute atomic E-state index is 13.0. The van der Waals surface area contributed by atoms with E-state index in [9.17, 15) is 40.9 Å². The van der Waals surface area contributed by atoms with Crippen LogP contribution < -0.4 is 20.1 Å². The van der Waals surface area contributed by atoms with Crippen LogP contribution in [-0.4, -0.2) is 116 Å². The molecule has 2 amide bonds. The first-order chi connectivity index (χ1) is 25.7. The van der Waals surface area contributed by atoms with Crippen molar-refractivity contribution in [1.29, 1.82) is 0 Å². The summed E-state index contributed by atoms with van der Waals surface area (Å²) in [5.41, 5.74) is -0.321. The Bertz CT molecular complexity index is 2580. The number of phenols is 2. The van der Waals surface area contributed by atoms with Gasteiger partial charge in [-0.15, -0.1) is 20.5 Å². The van der Waals surface area contributed by atoms with Gasteiger partial charge in [0.1, 0.15) is 44.0 Å². The fraction of sp³-hybridized carbons (Fsp3) is 0.0571. The van der Waals surface area contributed by atoms with Gasteiger partial charge in [-0.25, -0.2) is 4.79 Å². The second-order valence-electron chi connectivity index (χ2n) is 11.3. The number of hydrogen-bond acceptors (Lipinski definition) is 13. The summed E-state index contributed by atoms with van der Waals surface area (Å²) in [4.78, 5) is 11.5. The minimum absolute atomic E-state index is 0. The molecule has 0 saturated carbocycles. The zero-order valence-electron chi connectivity index (χ0n) is 30.0. The van der Waals surface area contributed by atoms with Gasteiger partial charge in [-0.2, -0.15) is 16.8 Å². The van der Waals surface area contributed by atoms with E-state index in [1.54, 1.807) is 48.5 Å². The van der Waals surface area contributed by atoms with Crippen LogP contribution in [0.1, 0.15) is 0 Å². The van der Waals surface area contributed by atoms with Gasteiger partial charge in [0.05, 0.1) is 14.2 Å². The van der Waals surface area contributed by atoms with Gasteiger partial charge < -0.3 is 30.3 Å². The number of aromatic hydroxyl groups is 2. The van der Waals surface area contributed by atoms with E-state index >= 15 is 0 Å². The quantitative estimate of drug-likeness (QED) is 0.0445. The fourth-order valence-electron chi connectivity index (χ4n) is 5.37. The number of phenolic OH excluding ortho intramolecular Hbond substituents is 2.